The first-order chi connectivity index (χ1) is 19.8. The molecule has 0 atom stereocenters. The molecule has 0 aliphatic carbocycles. The molecule has 188 valence electrons. The Labute approximate surface area is 229 Å². The van der Waals surface area contributed by atoms with Gasteiger partial charge in [-0.25, -0.2) is 0 Å². The van der Waals surface area contributed by atoms with Crippen molar-refractivity contribution in [1.29, 1.82) is 0 Å². The van der Waals surface area contributed by atoms with Gasteiger partial charge >= 0.3 is 0 Å². The van der Waals surface area contributed by atoms with Crippen LogP contribution in [0.3, 0.4) is 0 Å². The summed E-state index contributed by atoms with van der Waals surface area (Å²) in [5.41, 5.74) is 8.51. The SMILES string of the molecule is Oc1cccc2c3cc(-c4ccc5c(c4)c4cccc6c4n5-c4ccccc4O6)ccc3n(-c3ccccc3)c12. The molecule has 0 amide bonds. The van der Waals surface area contributed by atoms with Gasteiger partial charge in [0.05, 0.1) is 27.8 Å². The van der Waals surface area contributed by atoms with E-state index >= 15 is 0 Å². The zero-order valence-corrected chi connectivity index (χ0v) is 21.4. The lowest BCUT2D eigenvalue weighted by Crippen LogP contribution is -2.03. The fourth-order valence-electron chi connectivity index (χ4n) is 6.47. The van der Waals surface area contributed by atoms with E-state index in [-0.39, 0.29) is 5.75 Å². The van der Waals surface area contributed by atoms with Crippen molar-refractivity contribution >= 4 is 43.6 Å². The normalized spacial score (nSPS) is 12.3. The van der Waals surface area contributed by atoms with E-state index in [9.17, 15) is 5.11 Å². The maximum atomic E-state index is 10.9. The zero-order chi connectivity index (χ0) is 26.4. The van der Waals surface area contributed by atoms with Crippen molar-refractivity contribution in [2.24, 2.45) is 0 Å². The van der Waals surface area contributed by atoms with Crippen LogP contribution in [0.1, 0.15) is 0 Å². The molecule has 0 saturated carbocycles. The summed E-state index contributed by atoms with van der Waals surface area (Å²) in [4.78, 5) is 0. The number of aromatic hydroxyl groups is 1. The van der Waals surface area contributed by atoms with E-state index in [1.807, 2.05) is 42.5 Å². The number of rotatable bonds is 2. The van der Waals surface area contributed by atoms with E-state index < -0.39 is 0 Å². The van der Waals surface area contributed by atoms with E-state index in [4.69, 9.17) is 4.74 Å². The Balaban J connectivity index is 1.30. The van der Waals surface area contributed by atoms with Crippen molar-refractivity contribution in [2.75, 3.05) is 0 Å². The lowest BCUT2D eigenvalue weighted by atomic mass is 10.0. The van der Waals surface area contributed by atoms with Gasteiger partial charge in [-0.05, 0) is 71.8 Å². The Morgan fingerprint density at radius 2 is 1.10 bits per heavy atom. The van der Waals surface area contributed by atoms with E-state index in [0.717, 1.165) is 66.8 Å². The van der Waals surface area contributed by atoms with Crippen LogP contribution in [0.4, 0.5) is 0 Å². The Hall–Kier alpha value is -5.48. The van der Waals surface area contributed by atoms with Crippen LogP contribution in [0.2, 0.25) is 0 Å². The summed E-state index contributed by atoms with van der Waals surface area (Å²) < 4.78 is 10.8. The minimum atomic E-state index is 0.275. The second-order valence-electron chi connectivity index (χ2n) is 10.4. The number of para-hydroxylation sites is 5. The molecule has 1 N–H and O–H groups in total. The minimum absolute atomic E-state index is 0.275. The number of aromatic nitrogens is 2. The largest absolute Gasteiger partial charge is 0.506 e. The molecule has 40 heavy (non-hydrogen) atoms. The van der Waals surface area contributed by atoms with Crippen molar-refractivity contribution in [1.82, 2.24) is 9.13 Å². The number of hydrogen-bond acceptors (Lipinski definition) is 2. The topological polar surface area (TPSA) is 39.3 Å². The molecule has 9 rings (SSSR count). The first kappa shape index (κ1) is 21.5. The minimum Gasteiger partial charge on any atom is -0.506 e. The van der Waals surface area contributed by atoms with Gasteiger partial charge in [-0.1, -0.05) is 66.7 Å². The highest BCUT2D eigenvalue weighted by atomic mass is 16.5. The molecule has 0 radical (unpaired) electrons. The Morgan fingerprint density at radius 1 is 0.475 bits per heavy atom. The van der Waals surface area contributed by atoms with Gasteiger partial charge in [-0.15, -0.1) is 0 Å². The zero-order valence-electron chi connectivity index (χ0n) is 21.4. The molecule has 4 nitrogen and oxygen atoms in total. The number of hydrogen-bond donors (Lipinski definition) is 1. The second kappa shape index (κ2) is 7.78. The second-order valence-corrected chi connectivity index (χ2v) is 10.4. The van der Waals surface area contributed by atoms with Crippen molar-refractivity contribution < 1.29 is 9.84 Å². The molecule has 4 heteroatoms. The summed E-state index contributed by atoms with van der Waals surface area (Å²) in [6.07, 6.45) is 0. The molecule has 3 heterocycles. The first-order valence-electron chi connectivity index (χ1n) is 13.4. The van der Waals surface area contributed by atoms with Crippen molar-refractivity contribution in [3.8, 4) is 39.8 Å². The molecular formula is C36H22N2O2. The lowest BCUT2D eigenvalue weighted by Gasteiger charge is -2.20. The van der Waals surface area contributed by atoms with E-state index in [0.29, 0.717) is 0 Å². The van der Waals surface area contributed by atoms with Crippen LogP contribution in [0.25, 0.3) is 66.1 Å². The van der Waals surface area contributed by atoms with Crippen LogP contribution < -0.4 is 4.74 Å². The van der Waals surface area contributed by atoms with Crippen LogP contribution in [0, 0.1) is 0 Å². The predicted molar refractivity (Wildman–Crippen MR) is 162 cm³/mol. The molecule has 0 fully saturated rings. The van der Waals surface area contributed by atoms with Crippen LogP contribution in [-0.4, -0.2) is 14.2 Å². The maximum Gasteiger partial charge on any atom is 0.152 e. The van der Waals surface area contributed by atoms with Gasteiger partial charge in [0.25, 0.3) is 0 Å². The van der Waals surface area contributed by atoms with Crippen LogP contribution in [0.5, 0.6) is 17.2 Å². The molecule has 2 aromatic heterocycles. The molecule has 6 aromatic carbocycles. The predicted octanol–water partition coefficient (Wildman–Crippen LogP) is 9.36. The third kappa shape index (κ3) is 2.79. The molecule has 0 unspecified atom stereocenters. The summed E-state index contributed by atoms with van der Waals surface area (Å²) in [6, 6.07) is 43.8. The van der Waals surface area contributed by atoms with Crippen molar-refractivity contribution in [3.63, 3.8) is 0 Å². The quantitative estimate of drug-likeness (QED) is 0.250. The maximum absolute atomic E-state index is 10.9. The molecule has 8 aromatic rings. The smallest absolute Gasteiger partial charge is 0.152 e. The molecule has 1 aliphatic heterocycles. The standard InChI is InChI=1S/C36H22N2O2/c39-32-13-6-10-25-27-20-22(16-18-29(27)37(35(25)32)24-8-2-1-3-9-24)23-17-19-30-28(21-23)26-11-7-15-34-36(26)38(30)31-12-4-5-14-33(31)40-34/h1-21,39H. The summed E-state index contributed by atoms with van der Waals surface area (Å²) in [5.74, 6) is 2.02. The number of ether oxygens (including phenoxy) is 1. The van der Waals surface area contributed by atoms with Gasteiger partial charge < -0.3 is 19.0 Å². The number of fused-ring (bicyclic) bond motifs is 8. The third-order valence-electron chi connectivity index (χ3n) is 8.19. The Kier molecular flexibility index (Phi) is 4.17. The highest BCUT2D eigenvalue weighted by Gasteiger charge is 2.23. The lowest BCUT2D eigenvalue weighted by molar-refractivity contribution is 0.476. The summed E-state index contributed by atoms with van der Waals surface area (Å²) in [5, 5.41) is 15.4. The fourth-order valence-corrected chi connectivity index (χ4v) is 6.47. The average molecular weight is 515 g/mol. The Bertz CT molecular complexity index is 2230. The van der Waals surface area contributed by atoms with E-state index in [1.54, 1.807) is 6.07 Å². The fraction of sp³-hybridized carbons (Fsp3) is 0. The van der Waals surface area contributed by atoms with Gasteiger partial charge in [0, 0.05) is 27.2 Å². The summed E-state index contributed by atoms with van der Waals surface area (Å²) >= 11 is 0. The molecule has 1 aliphatic rings. The number of nitrogens with zero attached hydrogens (tertiary/aromatic N) is 2. The number of benzene rings is 6. The van der Waals surface area contributed by atoms with Gasteiger partial charge in [-0.3, -0.25) is 0 Å². The van der Waals surface area contributed by atoms with Crippen LogP contribution >= 0.6 is 0 Å². The highest BCUT2D eigenvalue weighted by Crippen LogP contribution is 2.46. The monoisotopic (exact) mass is 514 g/mol. The first-order valence-corrected chi connectivity index (χ1v) is 13.4. The highest BCUT2D eigenvalue weighted by molar-refractivity contribution is 6.14. The molecule has 0 bridgehead atoms. The van der Waals surface area contributed by atoms with Gasteiger partial charge in [0.15, 0.2) is 11.5 Å². The Morgan fingerprint density at radius 3 is 1.88 bits per heavy atom. The van der Waals surface area contributed by atoms with Gasteiger partial charge in [0.1, 0.15) is 5.75 Å². The number of phenols is 1. The van der Waals surface area contributed by atoms with Crippen molar-refractivity contribution in [3.05, 3.63) is 127 Å². The third-order valence-corrected chi connectivity index (χ3v) is 8.19. The molecule has 0 spiro atoms. The van der Waals surface area contributed by atoms with Gasteiger partial charge in [-0.2, -0.15) is 0 Å². The average Bonchev–Trinajstić information content (AvgIpc) is 3.52. The number of phenolic OH excluding ortho intramolecular Hbond substituents is 1. The van der Waals surface area contributed by atoms with Gasteiger partial charge in [0.2, 0.25) is 0 Å². The van der Waals surface area contributed by atoms with Crippen LogP contribution in [-0.2, 0) is 0 Å². The van der Waals surface area contributed by atoms with E-state index in [1.165, 1.54) is 10.8 Å². The summed E-state index contributed by atoms with van der Waals surface area (Å²) in [6.45, 7) is 0. The van der Waals surface area contributed by atoms with Crippen LogP contribution in [0.15, 0.2) is 127 Å². The molecular weight excluding hydrogens is 492 g/mol. The van der Waals surface area contributed by atoms with Crippen molar-refractivity contribution in [2.45, 2.75) is 0 Å². The summed E-state index contributed by atoms with van der Waals surface area (Å²) in [7, 11) is 0. The van der Waals surface area contributed by atoms with E-state index in [2.05, 4.69) is 88.0 Å². The molecule has 0 saturated heterocycles.